The SMILES string of the molecule is CC(C)(C)S(=O)(=O)NC(=O)c1ccccc1-c1ccc(N)nc1. The number of aromatic nitrogens is 1. The minimum absolute atomic E-state index is 0.256. The zero-order valence-electron chi connectivity index (χ0n) is 13.2. The fourth-order valence-corrected chi connectivity index (χ4v) is 2.49. The van der Waals surface area contributed by atoms with Gasteiger partial charge >= 0.3 is 0 Å². The number of rotatable bonds is 3. The largest absolute Gasteiger partial charge is 0.384 e. The highest BCUT2D eigenvalue weighted by Gasteiger charge is 2.31. The van der Waals surface area contributed by atoms with Crippen LogP contribution in [0.3, 0.4) is 0 Å². The molecule has 0 saturated carbocycles. The van der Waals surface area contributed by atoms with Gasteiger partial charge in [0.25, 0.3) is 5.91 Å². The third-order valence-corrected chi connectivity index (χ3v) is 5.37. The fraction of sp³-hybridized carbons (Fsp3) is 0.250. The van der Waals surface area contributed by atoms with E-state index >= 15 is 0 Å². The van der Waals surface area contributed by atoms with Crippen LogP contribution in [0, 0.1) is 0 Å². The molecule has 23 heavy (non-hydrogen) atoms. The van der Waals surface area contributed by atoms with Crippen molar-refractivity contribution < 1.29 is 13.2 Å². The first kappa shape index (κ1) is 17.0. The minimum atomic E-state index is -3.79. The number of sulfonamides is 1. The summed E-state index contributed by atoms with van der Waals surface area (Å²) in [7, 11) is -3.79. The van der Waals surface area contributed by atoms with Gasteiger partial charge in [0.05, 0.1) is 4.75 Å². The molecule has 0 spiro atoms. The number of nitrogens with zero attached hydrogens (tertiary/aromatic N) is 1. The van der Waals surface area contributed by atoms with Crippen LogP contribution in [0.1, 0.15) is 31.1 Å². The minimum Gasteiger partial charge on any atom is -0.384 e. The van der Waals surface area contributed by atoms with Crippen LogP contribution in [0.5, 0.6) is 0 Å². The van der Waals surface area contributed by atoms with E-state index in [0.717, 1.165) is 0 Å². The van der Waals surface area contributed by atoms with Crippen molar-refractivity contribution in [1.82, 2.24) is 9.71 Å². The van der Waals surface area contributed by atoms with Gasteiger partial charge in [0.15, 0.2) is 0 Å². The molecule has 1 aromatic heterocycles. The Bertz CT molecular complexity index is 822. The lowest BCUT2D eigenvalue weighted by Gasteiger charge is -2.20. The monoisotopic (exact) mass is 333 g/mol. The summed E-state index contributed by atoms with van der Waals surface area (Å²) < 4.78 is 25.4. The summed E-state index contributed by atoms with van der Waals surface area (Å²) in [5.41, 5.74) is 7.08. The first-order valence-electron chi connectivity index (χ1n) is 6.99. The molecule has 1 amide bonds. The van der Waals surface area contributed by atoms with Crippen molar-refractivity contribution in [2.45, 2.75) is 25.5 Å². The van der Waals surface area contributed by atoms with Gasteiger partial charge in [0.1, 0.15) is 5.82 Å². The number of carbonyl (C=O) groups excluding carboxylic acids is 1. The van der Waals surface area contributed by atoms with E-state index in [1.807, 2.05) is 0 Å². The van der Waals surface area contributed by atoms with Gasteiger partial charge in [0, 0.05) is 17.3 Å². The molecule has 0 saturated heterocycles. The number of nitrogen functional groups attached to an aromatic ring is 1. The Labute approximate surface area is 135 Å². The predicted octanol–water partition coefficient (Wildman–Crippen LogP) is 2.19. The summed E-state index contributed by atoms with van der Waals surface area (Å²) in [5, 5.41) is 0. The smallest absolute Gasteiger partial charge is 0.265 e. The first-order chi connectivity index (χ1) is 10.6. The lowest BCUT2D eigenvalue weighted by Crippen LogP contribution is -2.42. The average Bonchev–Trinajstić information content (AvgIpc) is 2.46. The van der Waals surface area contributed by atoms with Crippen molar-refractivity contribution in [1.29, 1.82) is 0 Å². The highest BCUT2D eigenvalue weighted by Crippen LogP contribution is 2.24. The van der Waals surface area contributed by atoms with Crippen LogP contribution in [0.2, 0.25) is 0 Å². The molecular formula is C16H19N3O3S. The molecule has 3 N–H and O–H groups in total. The van der Waals surface area contributed by atoms with Gasteiger partial charge in [-0.25, -0.2) is 18.1 Å². The number of benzene rings is 1. The third kappa shape index (κ3) is 3.68. The summed E-state index contributed by atoms with van der Waals surface area (Å²) in [4.78, 5) is 16.4. The molecule has 1 aromatic carbocycles. The van der Waals surface area contributed by atoms with E-state index in [9.17, 15) is 13.2 Å². The van der Waals surface area contributed by atoms with Crippen LogP contribution in [0.25, 0.3) is 11.1 Å². The molecule has 0 unspecified atom stereocenters. The summed E-state index contributed by atoms with van der Waals surface area (Å²) in [6, 6.07) is 10.1. The van der Waals surface area contributed by atoms with Gasteiger partial charge < -0.3 is 5.73 Å². The predicted molar refractivity (Wildman–Crippen MR) is 90.2 cm³/mol. The molecule has 0 bridgehead atoms. The Hall–Kier alpha value is -2.41. The van der Waals surface area contributed by atoms with Crippen LogP contribution in [0.4, 0.5) is 5.82 Å². The Kier molecular flexibility index (Phi) is 4.42. The molecule has 7 heteroatoms. The lowest BCUT2D eigenvalue weighted by atomic mass is 10.0. The molecule has 0 atom stereocenters. The van der Waals surface area contributed by atoms with Gasteiger partial charge in [-0.2, -0.15) is 0 Å². The number of hydrogen-bond acceptors (Lipinski definition) is 5. The van der Waals surface area contributed by atoms with Gasteiger partial charge in [-0.15, -0.1) is 0 Å². The van der Waals surface area contributed by atoms with Crippen LogP contribution in [-0.2, 0) is 10.0 Å². The van der Waals surface area contributed by atoms with E-state index in [1.165, 1.54) is 20.8 Å². The maximum Gasteiger partial charge on any atom is 0.265 e. The number of nitrogens with two attached hydrogens (primary N) is 1. The molecular weight excluding hydrogens is 314 g/mol. The van der Waals surface area contributed by atoms with E-state index in [0.29, 0.717) is 16.9 Å². The number of carbonyl (C=O) groups is 1. The molecule has 0 radical (unpaired) electrons. The second-order valence-corrected chi connectivity index (χ2v) is 8.50. The number of nitrogens with one attached hydrogen (secondary N) is 1. The number of anilines is 1. The summed E-state index contributed by atoms with van der Waals surface area (Å²) in [6.07, 6.45) is 1.54. The van der Waals surface area contributed by atoms with Crippen molar-refractivity contribution in [3.05, 3.63) is 48.2 Å². The maximum absolute atomic E-state index is 12.4. The standard InChI is InChI=1S/C16H19N3O3S/c1-16(2,3)23(21,22)19-15(20)13-7-5-4-6-12(13)11-8-9-14(17)18-10-11/h4-10H,1-3H3,(H2,17,18)(H,19,20). The topological polar surface area (TPSA) is 102 Å². The lowest BCUT2D eigenvalue weighted by molar-refractivity contribution is 0.0981. The molecule has 1 heterocycles. The molecule has 2 rings (SSSR count). The van der Waals surface area contributed by atoms with Crippen LogP contribution in [-0.4, -0.2) is 24.1 Å². The zero-order chi connectivity index (χ0) is 17.3. The molecule has 0 aliphatic rings. The maximum atomic E-state index is 12.4. The van der Waals surface area contributed by atoms with Crippen LogP contribution < -0.4 is 10.5 Å². The Balaban J connectivity index is 2.41. The summed E-state index contributed by atoms with van der Waals surface area (Å²) >= 11 is 0. The van der Waals surface area contributed by atoms with E-state index in [-0.39, 0.29) is 5.56 Å². The molecule has 0 fully saturated rings. The van der Waals surface area contributed by atoms with Crippen LogP contribution >= 0.6 is 0 Å². The number of pyridine rings is 1. The van der Waals surface area contributed by atoms with Gasteiger partial charge in [-0.05, 0) is 44.5 Å². The highest BCUT2D eigenvalue weighted by molar-refractivity contribution is 7.91. The van der Waals surface area contributed by atoms with E-state index in [4.69, 9.17) is 5.73 Å². The first-order valence-corrected chi connectivity index (χ1v) is 8.48. The molecule has 0 aliphatic heterocycles. The van der Waals surface area contributed by atoms with E-state index in [2.05, 4.69) is 9.71 Å². The number of hydrogen-bond donors (Lipinski definition) is 2. The second kappa shape index (κ2) is 6.00. The third-order valence-electron chi connectivity index (χ3n) is 3.30. The van der Waals surface area contributed by atoms with Crippen molar-refractivity contribution in [2.24, 2.45) is 0 Å². The van der Waals surface area contributed by atoms with Crippen molar-refractivity contribution in [2.75, 3.05) is 5.73 Å². The molecule has 6 nitrogen and oxygen atoms in total. The van der Waals surface area contributed by atoms with Gasteiger partial charge in [-0.3, -0.25) is 4.79 Å². The van der Waals surface area contributed by atoms with E-state index in [1.54, 1.807) is 42.6 Å². The number of amides is 1. The Morgan fingerprint density at radius 3 is 2.35 bits per heavy atom. The van der Waals surface area contributed by atoms with Gasteiger partial charge in [0.2, 0.25) is 10.0 Å². The average molecular weight is 333 g/mol. The van der Waals surface area contributed by atoms with Crippen LogP contribution in [0.15, 0.2) is 42.6 Å². The fourth-order valence-electron chi connectivity index (χ4n) is 1.83. The quantitative estimate of drug-likeness (QED) is 0.896. The summed E-state index contributed by atoms with van der Waals surface area (Å²) in [5.74, 6) is -0.307. The Morgan fingerprint density at radius 1 is 1.13 bits per heavy atom. The zero-order valence-corrected chi connectivity index (χ0v) is 14.0. The molecule has 0 aliphatic carbocycles. The molecule has 2 aromatic rings. The van der Waals surface area contributed by atoms with Crippen molar-refractivity contribution in [3.8, 4) is 11.1 Å². The van der Waals surface area contributed by atoms with Crippen molar-refractivity contribution >= 4 is 21.7 Å². The Morgan fingerprint density at radius 2 is 1.78 bits per heavy atom. The second-order valence-electron chi connectivity index (χ2n) is 6.06. The normalized spacial score (nSPS) is 12.0. The van der Waals surface area contributed by atoms with Crippen molar-refractivity contribution in [3.63, 3.8) is 0 Å². The summed E-state index contributed by atoms with van der Waals surface area (Å²) in [6.45, 7) is 4.58. The van der Waals surface area contributed by atoms with E-state index < -0.39 is 20.7 Å². The van der Waals surface area contributed by atoms with Gasteiger partial charge in [-0.1, -0.05) is 18.2 Å². The molecule has 122 valence electrons. The highest BCUT2D eigenvalue weighted by atomic mass is 32.2.